The molecule has 4 nitrogen and oxygen atoms in total. The number of carbonyl (C=O) groups excluding carboxylic acids is 1. The molecule has 16 heavy (non-hydrogen) atoms. The number of hydrogen-bond donors (Lipinski definition) is 2. The summed E-state index contributed by atoms with van der Waals surface area (Å²) in [6.07, 6.45) is 1.49. The van der Waals surface area contributed by atoms with Gasteiger partial charge in [-0.05, 0) is 17.7 Å². The Morgan fingerprint density at radius 1 is 1.69 bits per heavy atom. The normalized spacial score (nSPS) is 12.6. The molecule has 1 atom stereocenters. The monoisotopic (exact) mass is 239 g/mol. The van der Waals surface area contributed by atoms with Crippen molar-refractivity contribution in [3.63, 3.8) is 0 Å². The van der Waals surface area contributed by atoms with Gasteiger partial charge in [-0.3, -0.25) is 4.99 Å². The molecule has 1 amide bonds. The smallest absolute Gasteiger partial charge is 0.393 e. The summed E-state index contributed by atoms with van der Waals surface area (Å²) in [4.78, 5) is 17.3. The van der Waals surface area contributed by atoms with E-state index in [1.54, 1.807) is 24.3 Å². The summed E-state index contributed by atoms with van der Waals surface area (Å²) in [6, 6.07) is 6.19. The van der Waals surface area contributed by atoms with E-state index in [2.05, 4.69) is 16.7 Å². The van der Waals surface area contributed by atoms with Gasteiger partial charge in [0.2, 0.25) is 0 Å². The summed E-state index contributed by atoms with van der Waals surface area (Å²) in [5, 5.41) is 9.52. The highest BCUT2D eigenvalue weighted by Crippen LogP contribution is 2.08. The molecule has 1 aromatic rings. The van der Waals surface area contributed by atoms with Crippen LogP contribution < -0.4 is 4.99 Å². The van der Waals surface area contributed by atoms with Crippen molar-refractivity contribution in [1.29, 1.82) is 0 Å². The third kappa shape index (κ3) is 3.56. The van der Waals surface area contributed by atoms with Gasteiger partial charge in [0, 0.05) is 11.2 Å². The largest absolute Gasteiger partial charge is 0.411 e. The number of nitrogens with one attached hydrogen (secondary N) is 1. The molecule has 1 aromatic carbocycles. The van der Waals surface area contributed by atoms with E-state index in [-0.39, 0.29) is 6.61 Å². The zero-order chi connectivity index (χ0) is 12.0. The fourth-order valence-electron chi connectivity index (χ4n) is 1.08. The van der Waals surface area contributed by atoms with Gasteiger partial charge in [0.05, 0.1) is 6.61 Å². The molecule has 0 bridgehead atoms. The summed E-state index contributed by atoms with van der Waals surface area (Å²) >= 11 is 5.78. The lowest BCUT2D eigenvalue weighted by molar-refractivity contribution is -0.370. The number of hydrogen-bond acceptors (Lipinski definition) is 3. The minimum absolute atomic E-state index is 0.363. The average Bonchev–Trinajstić information content (AvgIpc) is 2.29. The maximum atomic E-state index is 11.2. The maximum Gasteiger partial charge on any atom is 0.411 e. The molecular weight excluding hydrogens is 228 g/mol. The Balaban J connectivity index is 2.78. The number of aliphatic hydroxyl groups excluding tert-OH is 1. The van der Waals surface area contributed by atoms with Crippen LogP contribution in [0.3, 0.4) is 0 Å². The second-order valence-electron chi connectivity index (χ2n) is 3.07. The van der Waals surface area contributed by atoms with Gasteiger partial charge in [-0.15, -0.1) is 0 Å². The number of carbonyl (C=O) groups is 1. The van der Waals surface area contributed by atoms with Crippen LogP contribution in [0, 0.1) is 0 Å². The van der Waals surface area contributed by atoms with Gasteiger partial charge in [-0.25, -0.2) is 4.79 Å². The van der Waals surface area contributed by atoms with Gasteiger partial charge in [-0.1, -0.05) is 23.7 Å². The number of aliphatic imine (C=N–C) groups is 1. The molecule has 0 fully saturated rings. The minimum Gasteiger partial charge on any atom is -0.393 e. The maximum absolute atomic E-state index is 11.2. The Bertz CT molecular complexity index is 418. The molecule has 0 saturated carbocycles. The van der Waals surface area contributed by atoms with Crippen molar-refractivity contribution in [3.8, 4) is 0 Å². The molecule has 0 aliphatic carbocycles. The number of rotatable bonds is 4. The summed E-state index contributed by atoms with van der Waals surface area (Å²) in [6.45, 7) is 2.86. The zero-order valence-electron chi connectivity index (χ0n) is 8.56. The number of halogens is 1. The first-order valence-electron chi connectivity index (χ1n) is 4.64. The Morgan fingerprint density at radius 3 is 3.00 bits per heavy atom. The van der Waals surface area contributed by atoms with E-state index < -0.39 is 11.9 Å². The van der Waals surface area contributed by atoms with Crippen LogP contribution in [0.25, 0.3) is 0 Å². The summed E-state index contributed by atoms with van der Waals surface area (Å²) in [7, 11) is 0. The van der Waals surface area contributed by atoms with Crippen molar-refractivity contribution in [2.24, 2.45) is 4.99 Å². The van der Waals surface area contributed by atoms with Crippen LogP contribution in [-0.2, 0) is 4.79 Å². The molecular formula is C11H12ClN2O2+. The molecule has 5 heteroatoms. The SMILES string of the molecule is C=[NH+]C(=O)C(CO)N=Cc1cccc(Cl)c1. The van der Waals surface area contributed by atoms with Crippen molar-refractivity contribution in [3.05, 3.63) is 34.9 Å². The van der Waals surface area contributed by atoms with Gasteiger partial charge in [0.15, 0.2) is 6.04 Å². The number of benzene rings is 1. The van der Waals surface area contributed by atoms with Crippen LogP contribution in [-0.4, -0.2) is 36.6 Å². The van der Waals surface area contributed by atoms with Crippen LogP contribution in [0.4, 0.5) is 0 Å². The molecule has 1 unspecified atom stereocenters. The highest BCUT2D eigenvalue weighted by Gasteiger charge is 2.18. The molecule has 0 spiro atoms. The molecule has 0 aromatic heterocycles. The Morgan fingerprint density at radius 2 is 2.44 bits per heavy atom. The van der Waals surface area contributed by atoms with Crippen molar-refractivity contribution in [2.45, 2.75) is 6.04 Å². The number of amides is 1. The van der Waals surface area contributed by atoms with Gasteiger partial charge in [0.1, 0.15) is 6.72 Å². The molecule has 0 heterocycles. The van der Waals surface area contributed by atoms with E-state index in [9.17, 15) is 4.79 Å². The standard InChI is InChI=1S/C11H11ClN2O2/c1-13-11(16)10(7-15)14-6-8-3-2-4-9(12)5-8/h2-6,10,15H,1,7H2/p+1. The third-order valence-electron chi connectivity index (χ3n) is 1.90. The summed E-state index contributed by atoms with van der Waals surface area (Å²) in [5.41, 5.74) is 0.766. The lowest BCUT2D eigenvalue weighted by atomic mass is 10.2. The highest BCUT2D eigenvalue weighted by atomic mass is 35.5. The van der Waals surface area contributed by atoms with E-state index in [1.165, 1.54) is 6.21 Å². The van der Waals surface area contributed by atoms with Crippen LogP contribution >= 0.6 is 11.6 Å². The zero-order valence-corrected chi connectivity index (χ0v) is 9.31. The van der Waals surface area contributed by atoms with Gasteiger partial charge < -0.3 is 5.11 Å². The predicted molar refractivity (Wildman–Crippen MR) is 63.0 cm³/mol. The molecule has 0 aliphatic rings. The fourth-order valence-corrected chi connectivity index (χ4v) is 1.28. The van der Waals surface area contributed by atoms with Crippen LogP contribution in [0.1, 0.15) is 5.56 Å². The summed E-state index contributed by atoms with van der Waals surface area (Å²) < 4.78 is 0. The molecule has 2 N–H and O–H groups in total. The Labute approximate surface area is 98.3 Å². The lowest BCUT2D eigenvalue weighted by Gasteiger charge is -1.99. The van der Waals surface area contributed by atoms with Crippen molar-refractivity contribution < 1.29 is 14.9 Å². The van der Waals surface area contributed by atoms with Crippen molar-refractivity contribution in [2.75, 3.05) is 6.61 Å². The van der Waals surface area contributed by atoms with Crippen LogP contribution in [0.15, 0.2) is 29.3 Å². The first kappa shape index (κ1) is 12.5. The fraction of sp³-hybridized carbons (Fsp3) is 0.182. The quantitative estimate of drug-likeness (QED) is 0.691. The second-order valence-corrected chi connectivity index (χ2v) is 3.51. The van der Waals surface area contributed by atoms with Gasteiger partial charge >= 0.3 is 5.91 Å². The summed E-state index contributed by atoms with van der Waals surface area (Å²) in [5.74, 6) is -0.430. The molecule has 0 radical (unpaired) electrons. The Kier molecular flexibility index (Phi) is 4.82. The number of nitrogens with zero attached hydrogens (tertiary/aromatic N) is 1. The third-order valence-corrected chi connectivity index (χ3v) is 2.14. The number of aliphatic hydroxyl groups is 1. The molecule has 84 valence electrons. The van der Waals surface area contributed by atoms with Gasteiger partial charge in [0.25, 0.3) is 0 Å². The van der Waals surface area contributed by atoms with Crippen molar-refractivity contribution in [1.82, 2.24) is 0 Å². The average molecular weight is 240 g/mol. The van der Waals surface area contributed by atoms with Crippen molar-refractivity contribution >= 4 is 30.4 Å². The second kappa shape index (κ2) is 6.15. The predicted octanol–water partition coefficient (Wildman–Crippen LogP) is -0.572. The van der Waals surface area contributed by atoms with E-state index in [1.807, 2.05) is 0 Å². The van der Waals surface area contributed by atoms with Crippen LogP contribution in [0.2, 0.25) is 5.02 Å². The lowest BCUT2D eigenvalue weighted by Crippen LogP contribution is -2.74. The first-order valence-corrected chi connectivity index (χ1v) is 5.01. The molecule has 0 aliphatic heterocycles. The van der Waals surface area contributed by atoms with E-state index in [0.717, 1.165) is 5.56 Å². The van der Waals surface area contributed by atoms with Crippen LogP contribution in [0.5, 0.6) is 0 Å². The highest BCUT2D eigenvalue weighted by molar-refractivity contribution is 6.30. The molecule has 1 rings (SSSR count). The molecule has 0 saturated heterocycles. The van der Waals surface area contributed by atoms with E-state index in [4.69, 9.17) is 16.7 Å². The van der Waals surface area contributed by atoms with E-state index >= 15 is 0 Å². The Hall–Kier alpha value is -1.52. The first-order chi connectivity index (χ1) is 7.67. The van der Waals surface area contributed by atoms with Gasteiger partial charge in [-0.2, -0.15) is 4.99 Å². The topological polar surface area (TPSA) is 63.6 Å². The van der Waals surface area contributed by atoms with E-state index in [0.29, 0.717) is 5.02 Å². The minimum atomic E-state index is -0.837.